The molecule has 1 unspecified atom stereocenters. The van der Waals surface area contributed by atoms with E-state index in [9.17, 15) is 9.59 Å². The van der Waals surface area contributed by atoms with Crippen molar-refractivity contribution >= 4 is 34.7 Å². The smallest absolute Gasteiger partial charge is 0.267 e. The lowest BCUT2D eigenvalue weighted by Crippen LogP contribution is -2.33. The van der Waals surface area contributed by atoms with Crippen LogP contribution in [0.15, 0.2) is 63.6 Å². The molecule has 5 nitrogen and oxygen atoms in total. The summed E-state index contributed by atoms with van der Waals surface area (Å²) in [5.41, 5.74) is 1.07. The molecule has 3 aromatic rings. The highest BCUT2D eigenvalue weighted by Crippen LogP contribution is 2.22. The Hall–Kier alpha value is -2.38. The minimum atomic E-state index is -0.715. The van der Waals surface area contributed by atoms with E-state index >= 15 is 0 Å². The molecular weight excluding hydrogens is 354 g/mol. The standard InChI is InChI=1S/C18H17N3O2S2/c1-12(18(23)19-13-5-7-14(24-2)8-6-13)21-17(22)10-9-15(20-21)16-4-3-11-25-16/h3-12H,1-2H3,(H,19,23). The lowest BCUT2D eigenvalue weighted by atomic mass is 10.2. The molecule has 0 saturated carbocycles. The molecule has 0 bridgehead atoms. The second-order valence-electron chi connectivity index (χ2n) is 5.37. The average molecular weight is 371 g/mol. The predicted molar refractivity (Wildman–Crippen MR) is 103 cm³/mol. The highest BCUT2D eigenvalue weighted by atomic mass is 32.2. The molecule has 25 heavy (non-hydrogen) atoms. The molecule has 1 atom stereocenters. The summed E-state index contributed by atoms with van der Waals surface area (Å²) < 4.78 is 1.22. The Labute approximate surface area is 153 Å². The zero-order valence-corrected chi connectivity index (χ0v) is 15.4. The number of amides is 1. The summed E-state index contributed by atoms with van der Waals surface area (Å²) in [6, 6.07) is 13.8. The van der Waals surface area contributed by atoms with Crippen LogP contribution in [0.4, 0.5) is 5.69 Å². The number of anilines is 1. The van der Waals surface area contributed by atoms with Gasteiger partial charge in [-0.1, -0.05) is 6.07 Å². The Balaban J connectivity index is 1.81. The number of hydrogen-bond donors (Lipinski definition) is 1. The molecule has 2 heterocycles. The van der Waals surface area contributed by atoms with Crippen molar-refractivity contribution in [2.45, 2.75) is 17.9 Å². The van der Waals surface area contributed by atoms with Gasteiger partial charge in [-0.05, 0) is 55.0 Å². The maximum Gasteiger partial charge on any atom is 0.267 e. The van der Waals surface area contributed by atoms with E-state index in [0.717, 1.165) is 9.77 Å². The summed E-state index contributed by atoms with van der Waals surface area (Å²) in [5.74, 6) is -0.283. The molecule has 0 aliphatic heterocycles. The SMILES string of the molecule is CSc1ccc(NC(=O)C(C)n2nc(-c3cccs3)ccc2=O)cc1. The van der Waals surface area contributed by atoms with Gasteiger partial charge in [0.25, 0.3) is 5.56 Å². The zero-order valence-electron chi connectivity index (χ0n) is 13.8. The molecule has 7 heteroatoms. The third-order valence-electron chi connectivity index (χ3n) is 3.70. The van der Waals surface area contributed by atoms with E-state index in [1.807, 2.05) is 48.0 Å². The van der Waals surface area contributed by atoms with Crippen LogP contribution < -0.4 is 10.9 Å². The van der Waals surface area contributed by atoms with Gasteiger partial charge < -0.3 is 5.32 Å². The fourth-order valence-corrected chi connectivity index (χ4v) is 3.39. The van der Waals surface area contributed by atoms with E-state index in [4.69, 9.17) is 0 Å². The van der Waals surface area contributed by atoms with Gasteiger partial charge in [-0.25, -0.2) is 4.68 Å². The highest BCUT2D eigenvalue weighted by Gasteiger charge is 2.18. The van der Waals surface area contributed by atoms with Crippen LogP contribution in [0.25, 0.3) is 10.6 Å². The minimum Gasteiger partial charge on any atom is -0.324 e. The number of nitrogens with one attached hydrogen (secondary N) is 1. The van der Waals surface area contributed by atoms with E-state index in [1.165, 1.54) is 22.1 Å². The van der Waals surface area contributed by atoms with Gasteiger partial charge in [0.05, 0.1) is 4.88 Å². The van der Waals surface area contributed by atoms with Crippen molar-refractivity contribution in [3.05, 3.63) is 64.3 Å². The summed E-state index contributed by atoms with van der Waals surface area (Å²) in [4.78, 5) is 26.7. The highest BCUT2D eigenvalue weighted by molar-refractivity contribution is 7.98. The Bertz CT molecular complexity index is 918. The van der Waals surface area contributed by atoms with Crippen LogP contribution in [0.2, 0.25) is 0 Å². The molecule has 3 rings (SSSR count). The van der Waals surface area contributed by atoms with Crippen molar-refractivity contribution in [2.24, 2.45) is 0 Å². The first kappa shape index (κ1) is 17.4. The second kappa shape index (κ2) is 7.67. The van der Waals surface area contributed by atoms with E-state index in [-0.39, 0.29) is 11.5 Å². The molecular formula is C18H17N3O2S2. The van der Waals surface area contributed by atoms with Crippen molar-refractivity contribution in [2.75, 3.05) is 11.6 Å². The van der Waals surface area contributed by atoms with Crippen LogP contribution in [-0.2, 0) is 4.79 Å². The normalized spacial score (nSPS) is 11.9. The first-order valence-corrected chi connectivity index (χ1v) is 9.77. The van der Waals surface area contributed by atoms with Crippen molar-refractivity contribution < 1.29 is 4.79 Å². The van der Waals surface area contributed by atoms with Crippen LogP contribution in [0.5, 0.6) is 0 Å². The van der Waals surface area contributed by atoms with Gasteiger partial charge in [0, 0.05) is 16.6 Å². The van der Waals surface area contributed by atoms with Crippen LogP contribution in [0.3, 0.4) is 0 Å². The molecule has 1 amide bonds. The number of aromatic nitrogens is 2. The summed E-state index contributed by atoms with van der Waals surface area (Å²) in [6.45, 7) is 1.66. The molecule has 1 N–H and O–H groups in total. The molecule has 0 saturated heterocycles. The molecule has 2 aromatic heterocycles. The summed E-state index contributed by atoms with van der Waals surface area (Å²) >= 11 is 3.17. The number of thioether (sulfide) groups is 1. The first-order chi connectivity index (χ1) is 12.1. The molecule has 0 aliphatic carbocycles. The number of carbonyl (C=O) groups excluding carboxylic acids is 1. The van der Waals surface area contributed by atoms with Gasteiger partial charge in [-0.3, -0.25) is 9.59 Å². The first-order valence-electron chi connectivity index (χ1n) is 7.67. The maximum atomic E-state index is 12.5. The topological polar surface area (TPSA) is 64.0 Å². The van der Waals surface area contributed by atoms with Crippen molar-refractivity contribution in [1.29, 1.82) is 0 Å². The Morgan fingerprint density at radius 1 is 1.20 bits per heavy atom. The number of hydrogen-bond acceptors (Lipinski definition) is 5. The quantitative estimate of drug-likeness (QED) is 0.691. The van der Waals surface area contributed by atoms with Crippen LogP contribution in [0, 0.1) is 0 Å². The number of carbonyl (C=O) groups is 1. The predicted octanol–water partition coefficient (Wildman–Crippen LogP) is 3.89. The minimum absolute atomic E-state index is 0.283. The van der Waals surface area contributed by atoms with E-state index in [1.54, 1.807) is 24.8 Å². The second-order valence-corrected chi connectivity index (χ2v) is 7.20. The fourth-order valence-electron chi connectivity index (χ4n) is 2.29. The molecule has 1 aromatic carbocycles. The Kier molecular flexibility index (Phi) is 5.35. The fraction of sp³-hybridized carbons (Fsp3) is 0.167. The van der Waals surface area contributed by atoms with Crippen molar-refractivity contribution in [3.8, 4) is 10.6 Å². The van der Waals surface area contributed by atoms with Gasteiger partial charge >= 0.3 is 0 Å². The maximum absolute atomic E-state index is 12.5. The molecule has 0 spiro atoms. The largest absolute Gasteiger partial charge is 0.324 e. The van der Waals surface area contributed by atoms with Crippen LogP contribution in [-0.4, -0.2) is 21.9 Å². The number of thiophene rings is 1. The van der Waals surface area contributed by atoms with Gasteiger partial charge in [0.2, 0.25) is 5.91 Å². The lowest BCUT2D eigenvalue weighted by molar-refractivity contribution is -0.119. The van der Waals surface area contributed by atoms with Gasteiger partial charge in [0.15, 0.2) is 0 Å². The number of nitrogens with zero attached hydrogens (tertiary/aromatic N) is 2. The van der Waals surface area contributed by atoms with Crippen molar-refractivity contribution in [1.82, 2.24) is 9.78 Å². The zero-order chi connectivity index (χ0) is 17.8. The summed E-state index contributed by atoms with van der Waals surface area (Å²) in [6.07, 6.45) is 1.99. The lowest BCUT2D eigenvalue weighted by Gasteiger charge is -2.15. The summed E-state index contributed by atoms with van der Waals surface area (Å²) in [5, 5.41) is 9.13. The number of rotatable bonds is 5. The third kappa shape index (κ3) is 4.00. The molecule has 0 fully saturated rings. The summed E-state index contributed by atoms with van der Waals surface area (Å²) in [7, 11) is 0. The van der Waals surface area contributed by atoms with Gasteiger partial charge in [-0.15, -0.1) is 23.1 Å². The van der Waals surface area contributed by atoms with Gasteiger partial charge in [-0.2, -0.15) is 5.10 Å². The Morgan fingerprint density at radius 3 is 2.60 bits per heavy atom. The van der Waals surface area contributed by atoms with Crippen LogP contribution >= 0.6 is 23.1 Å². The van der Waals surface area contributed by atoms with Crippen molar-refractivity contribution in [3.63, 3.8) is 0 Å². The van der Waals surface area contributed by atoms with Crippen LogP contribution in [0.1, 0.15) is 13.0 Å². The van der Waals surface area contributed by atoms with E-state index in [2.05, 4.69) is 10.4 Å². The van der Waals surface area contributed by atoms with E-state index < -0.39 is 6.04 Å². The Morgan fingerprint density at radius 2 is 1.96 bits per heavy atom. The molecule has 0 radical (unpaired) electrons. The molecule has 0 aliphatic rings. The van der Waals surface area contributed by atoms with Gasteiger partial charge in [0.1, 0.15) is 11.7 Å². The number of benzene rings is 1. The molecule has 128 valence electrons. The third-order valence-corrected chi connectivity index (χ3v) is 5.34. The van der Waals surface area contributed by atoms with E-state index in [0.29, 0.717) is 11.4 Å². The monoisotopic (exact) mass is 371 g/mol. The average Bonchev–Trinajstić information content (AvgIpc) is 3.17.